The average molecular weight is 180 g/mol. The molecule has 0 bridgehead atoms. The summed E-state index contributed by atoms with van der Waals surface area (Å²) in [6.07, 6.45) is 0. The van der Waals surface area contributed by atoms with Crippen LogP contribution in [0.4, 0.5) is 5.82 Å². The number of nitrogens with zero attached hydrogens (tertiary/aromatic N) is 1. The summed E-state index contributed by atoms with van der Waals surface area (Å²) in [6.45, 7) is 3.35. The number of methoxy groups -OCH3 is 1. The van der Waals surface area contributed by atoms with Crippen LogP contribution in [0.25, 0.3) is 0 Å². The van der Waals surface area contributed by atoms with Crippen LogP contribution in [0.15, 0.2) is 12.1 Å². The van der Waals surface area contributed by atoms with Crippen molar-refractivity contribution in [1.29, 1.82) is 0 Å². The zero-order chi connectivity index (χ0) is 9.84. The first kappa shape index (κ1) is 9.51. The molecule has 0 atom stereocenters. The minimum Gasteiger partial charge on any atom is -0.481 e. The van der Waals surface area contributed by atoms with Crippen LogP contribution in [-0.2, 0) is 4.79 Å². The lowest BCUT2D eigenvalue weighted by Gasteiger charge is -2.05. The number of ether oxygens (including phenoxy) is 1. The molecule has 0 fully saturated rings. The van der Waals surface area contributed by atoms with Gasteiger partial charge in [-0.05, 0) is 18.6 Å². The van der Waals surface area contributed by atoms with Gasteiger partial charge in [0.25, 0.3) is 0 Å². The number of nitrogens with one attached hydrogen (secondary N) is 1. The molecule has 4 heteroatoms. The number of rotatable bonds is 2. The quantitative estimate of drug-likeness (QED) is 0.747. The fourth-order valence-electron chi connectivity index (χ4n) is 0.984. The molecule has 0 aromatic carbocycles. The minimum absolute atomic E-state index is 0.139. The topological polar surface area (TPSA) is 51.2 Å². The van der Waals surface area contributed by atoms with Crippen molar-refractivity contribution < 1.29 is 9.53 Å². The number of carbonyl (C=O) groups excluding carboxylic acids is 1. The fourth-order valence-corrected chi connectivity index (χ4v) is 0.984. The summed E-state index contributed by atoms with van der Waals surface area (Å²) in [4.78, 5) is 14.8. The SMILES string of the molecule is COc1cc(C)cc(NC(C)=O)n1. The van der Waals surface area contributed by atoms with Gasteiger partial charge in [-0.25, -0.2) is 0 Å². The molecule has 1 rings (SSSR count). The van der Waals surface area contributed by atoms with E-state index in [0.29, 0.717) is 11.7 Å². The Morgan fingerprint density at radius 2 is 2.23 bits per heavy atom. The summed E-state index contributed by atoms with van der Waals surface area (Å²) in [5.41, 5.74) is 0.996. The number of carbonyl (C=O) groups is 1. The van der Waals surface area contributed by atoms with Crippen LogP contribution < -0.4 is 10.1 Å². The van der Waals surface area contributed by atoms with Gasteiger partial charge in [-0.3, -0.25) is 4.79 Å². The number of aromatic nitrogens is 1. The predicted molar refractivity (Wildman–Crippen MR) is 49.8 cm³/mol. The van der Waals surface area contributed by atoms with Crippen molar-refractivity contribution >= 4 is 11.7 Å². The van der Waals surface area contributed by atoms with Crippen LogP contribution in [0.5, 0.6) is 5.88 Å². The largest absolute Gasteiger partial charge is 0.481 e. The first-order valence-electron chi connectivity index (χ1n) is 3.92. The van der Waals surface area contributed by atoms with Crippen LogP contribution in [0.3, 0.4) is 0 Å². The highest BCUT2D eigenvalue weighted by Crippen LogP contribution is 2.14. The third-order valence-electron chi connectivity index (χ3n) is 1.46. The van der Waals surface area contributed by atoms with Gasteiger partial charge in [-0.1, -0.05) is 0 Å². The summed E-state index contributed by atoms with van der Waals surface area (Å²) in [5.74, 6) is 0.883. The third kappa shape index (κ3) is 2.74. The van der Waals surface area contributed by atoms with Crippen molar-refractivity contribution in [2.24, 2.45) is 0 Å². The Morgan fingerprint density at radius 3 is 2.77 bits per heavy atom. The van der Waals surface area contributed by atoms with E-state index in [1.807, 2.05) is 6.92 Å². The molecule has 1 aromatic rings. The van der Waals surface area contributed by atoms with Crippen molar-refractivity contribution in [3.8, 4) is 5.88 Å². The molecule has 1 amide bonds. The van der Waals surface area contributed by atoms with Gasteiger partial charge in [-0.2, -0.15) is 4.98 Å². The zero-order valence-corrected chi connectivity index (χ0v) is 7.92. The molecule has 0 aliphatic carbocycles. The van der Waals surface area contributed by atoms with Gasteiger partial charge in [0.15, 0.2) is 0 Å². The second-order valence-corrected chi connectivity index (χ2v) is 2.75. The summed E-state index contributed by atoms with van der Waals surface area (Å²) >= 11 is 0. The second kappa shape index (κ2) is 3.89. The molecule has 0 saturated carbocycles. The third-order valence-corrected chi connectivity index (χ3v) is 1.46. The maximum atomic E-state index is 10.7. The van der Waals surface area contributed by atoms with Crippen LogP contribution in [0, 0.1) is 6.92 Å². The molecular formula is C9H12N2O2. The first-order valence-corrected chi connectivity index (χ1v) is 3.92. The van der Waals surface area contributed by atoms with Gasteiger partial charge in [-0.15, -0.1) is 0 Å². The van der Waals surface area contributed by atoms with Gasteiger partial charge in [0.1, 0.15) is 5.82 Å². The summed E-state index contributed by atoms with van der Waals surface area (Å²) in [7, 11) is 1.54. The predicted octanol–water partition coefficient (Wildman–Crippen LogP) is 1.36. The highest BCUT2D eigenvalue weighted by Gasteiger charge is 2.01. The van der Waals surface area contributed by atoms with Gasteiger partial charge in [0, 0.05) is 13.0 Å². The lowest BCUT2D eigenvalue weighted by Crippen LogP contribution is -2.08. The smallest absolute Gasteiger partial charge is 0.222 e. The molecule has 0 unspecified atom stereocenters. The highest BCUT2D eigenvalue weighted by atomic mass is 16.5. The van der Waals surface area contributed by atoms with E-state index in [0.717, 1.165) is 5.56 Å². The van der Waals surface area contributed by atoms with E-state index >= 15 is 0 Å². The van der Waals surface area contributed by atoms with Crippen LogP contribution >= 0.6 is 0 Å². The van der Waals surface area contributed by atoms with E-state index in [1.54, 1.807) is 19.2 Å². The molecular weight excluding hydrogens is 168 g/mol. The van der Waals surface area contributed by atoms with E-state index in [-0.39, 0.29) is 5.91 Å². The first-order chi connectivity index (χ1) is 6.11. The standard InChI is InChI=1S/C9H12N2O2/c1-6-4-8(10-7(2)12)11-9(5-6)13-3/h4-5H,1-3H3,(H,10,11,12). The maximum absolute atomic E-state index is 10.7. The Labute approximate surface area is 76.9 Å². The van der Waals surface area contributed by atoms with Crippen LogP contribution in [0.2, 0.25) is 0 Å². The molecule has 70 valence electrons. The van der Waals surface area contributed by atoms with E-state index in [9.17, 15) is 4.79 Å². The Bertz CT molecular complexity index is 323. The lowest BCUT2D eigenvalue weighted by molar-refractivity contribution is -0.114. The van der Waals surface area contributed by atoms with Gasteiger partial charge in [0.05, 0.1) is 7.11 Å². The monoisotopic (exact) mass is 180 g/mol. The van der Waals surface area contributed by atoms with Gasteiger partial charge in [0.2, 0.25) is 11.8 Å². The second-order valence-electron chi connectivity index (χ2n) is 2.75. The van der Waals surface area contributed by atoms with Crippen molar-refractivity contribution in [2.45, 2.75) is 13.8 Å². The molecule has 1 aromatic heterocycles. The van der Waals surface area contributed by atoms with Crippen molar-refractivity contribution in [3.05, 3.63) is 17.7 Å². The van der Waals surface area contributed by atoms with Crippen LogP contribution in [0.1, 0.15) is 12.5 Å². The summed E-state index contributed by atoms with van der Waals surface area (Å²) < 4.78 is 4.95. The van der Waals surface area contributed by atoms with E-state index in [1.165, 1.54) is 6.92 Å². The number of amides is 1. The number of anilines is 1. The van der Waals surface area contributed by atoms with Crippen LogP contribution in [-0.4, -0.2) is 18.0 Å². The number of pyridine rings is 1. The molecule has 0 aliphatic rings. The molecule has 0 aliphatic heterocycles. The average Bonchev–Trinajstić information content (AvgIpc) is 2.01. The van der Waals surface area contributed by atoms with E-state index < -0.39 is 0 Å². The van der Waals surface area contributed by atoms with E-state index in [2.05, 4.69) is 10.3 Å². The summed E-state index contributed by atoms with van der Waals surface area (Å²) in [5, 5.41) is 2.59. The number of hydrogen-bond acceptors (Lipinski definition) is 3. The Kier molecular flexibility index (Phi) is 2.84. The molecule has 1 N–H and O–H groups in total. The Balaban J connectivity index is 2.94. The lowest BCUT2D eigenvalue weighted by atomic mass is 10.3. The summed E-state index contributed by atoms with van der Waals surface area (Å²) in [6, 6.07) is 3.58. The highest BCUT2D eigenvalue weighted by molar-refractivity contribution is 5.87. The minimum atomic E-state index is -0.139. The van der Waals surface area contributed by atoms with Crippen molar-refractivity contribution in [1.82, 2.24) is 4.98 Å². The van der Waals surface area contributed by atoms with Crippen molar-refractivity contribution in [2.75, 3.05) is 12.4 Å². The van der Waals surface area contributed by atoms with Gasteiger partial charge >= 0.3 is 0 Å². The Hall–Kier alpha value is -1.58. The van der Waals surface area contributed by atoms with Gasteiger partial charge < -0.3 is 10.1 Å². The fraction of sp³-hybridized carbons (Fsp3) is 0.333. The number of hydrogen-bond donors (Lipinski definition) is 1. The molecule has 13 heavy (non-hydrogen) atoms. The molecule has 0 spiro atoms. The molecule has 1 heterocycles. The molecule has 0 saturated heterocycles. The normalized spacial score (nSPS) is 9.46. The Morgan fingerprint density at radius 1 is 1.54 bits per heavy atom. The zero-order valence-electron chi connectivity index (χ0n) is 7.92. The van der Waals surface area contributed by atoms with E-state index in [4.69, 9.17) is 4.74 Å². The maximum Gasteiger partial charge on any atom is 0.222 e. The van der Waals surface area contributed by atoms with Crippen molar-refractivity contribution in [3.63, 3.8) is 0 Å². The molecule has 0 radical (unpaired) electrons. The molecule has 4 nitrogen and oxygen atoms in total. The number of aryl methyl sites for hydroxylation is 1.